The van der Waals surface area contributed by atoms with E-state index in [-0.39, 0.29) is 18.5 Å². The van der Waals surface area contributed by atoms with Crippen LogP contribution in [0.1, 0.15) is 19.8 Å². The molecule has 0 aromatic heterocycles. The van der Waals surface area contributed by atoms with Gasteiger partial charge in [-0.3, -0.25) is 9.79 Å². The minimum atomic E-state index is -4.88. The maximum absolute atomic E-state index is 13.9. The van der Waals surface area contributed by atoms with Crippen LogP contribution >= 0.6 is 0 Å². The molecule has 0 unspecified atom stereocenters. The fraction of sp³-hybridized carbons (Fsp3) is 0.400. The van der Waals surface area contributed by atoms with Crippen LogP contribution in [0.5, 0.6) is 0 Å². The van der Waals surface area contributed by atoms with Crippen molar-refractivity contribution in [1.82, 2.24) is 5.32 Å². The number of allylic oxidation sites excluding steroid dienone is 3. The van der Waals surface area contributed by atoms with Crippen molar-refractivity contribution in [3.05, 3.63) is 34.6 Å². The Balaban J connectivity index is 2.95. The van der Waals surface area contributed by atoms with Crippen molar-refractivity contribution in [2.75, 3.05) is 13.1 Å². The van der Waals surface area contributed by atoms with Crippen LogP contribution in [0.3, 0.4) is 0 Å². The second-order valence-corrected chi connectivity index (χ2v) is 5.16. The van der Waals surface area contributed by atoms with Gasteiger partial charge in [0.1, 0.15) is 5.83 Å². The number of rotatable bonds is 6. The number of nitrogens with one attached hydrogen (secondary N) is 1. The van der Waals surface area contributed by atoms with E-state index in [0.29, 0.717) is 6.08 Å². The van der Waals surface area contributed by atoms with Crippen LogP contribution in [0, 0.1) is 0 Å². The molecule has 1 aliphatic rings. The summed E-state index contributed by atoms with van der Waals surface area (Å²) in [4.78, 5) is 26.2. The summed E-state index contributed by atoms with van der Waals surface area (Å²) in [6.07, 6.45) is -4.85. The van der Waals surface area contributed by atoms with Crippen LogP contribution in [-0.4, -0.2) is 42.0 Å². The summed E-state index contributed by atoms with van der Waals surface area (Å²) in [5, 5.41) is 10.8. The van der Waals surface area contributed by atoms with E-state index in [1.54, 1.807) is 0 Å². The molecule has 0 aliphatic heterocycles. The van der Waals surface area contributed by atoms with Gasteiger partial charge in [-0.05, 0) is 25.0 Å². The predicted octanol–water partition coefficient (Wildman–Crippen LogP) is 2.29. The molecule has 0 aromatic carbocycles. The molecule has 0 saturated heterocycles. The molecule has 0 bridgehead atoms. The Bertz CT molecular complexity index is 721. The summed E-state index contributed by atoms with van der Waals surface area (Å²) in [5.41, 5.74) is 1.53. The molecule has 0 radical (unpaired) electrons. The Morgan fingerprint density at radius 3 is 2.46 bits per heavy atom. The number of aliphatic carboxylic acids is 1. The summed E-state index contributed by atoms with van der Waals surface area (Å²) >= 11 is 0. The van der Waals surface area contributed by atoms with Crippen molar-refractivity contribution in [3.8, 4) is 0 Å². The van der Waals surface area contributed by atoms with Crippen molar-refractivity contribution >= 4 is 17.6 Å². The van der Waals surface area contributed by atoms with E-state index >= 15 is 0 Å². The van der Waals surface area contributed by atoms with Crippen molar-refractivity contribution in [2.45, 2.75) is 25.9 Å². The van der Waals surface area contributed by atoms with Gasteiger partial charge in [-0.25, -0.2) is 13.6 Å². The lowest BCUT2D eigenvalue weighted by molar-refractivity contribution is -0.132. The maximum atomic E-state index is 13.9. The molecular weight excluding hydrogens is 365 g/mol. The number of carboxylic acid groups (broad SMARTS) is 1. The first-order valence-electron chi connectivity index (χ1n) is 7.35. The lowest BCUT2D eigenvalue weighted by Gasteiger charge is -2.18. The fourth-order valence-electron chi connectivity index (χ4n) is 2.03. The highest BCUT2D eigenvalue weighted by molar-refractivity contribution is 6.45. The van der Waals surface area contributed by atoms with Gasteiger partial charge >= 0.3 is 12.1 Å². The molecule has 0 fully saturated rings. The second kappa shape index (κ2) is 8.59. The van der Waals surface area contributed by atoms with Crippen LogP contribution in [0.15, 0.2) is 39.6 Å². The normalized spacial score (nSPS) is 16.8. The smallest absolute Gasteiger partial charge is 0.418 e. The molecule has 0 saturated carbocycles. The Morgan fingerprint density at radius 2 is 1.96 bits per heavy atom. The third-order valence-electron chi connectivity index (χ3n) is 3.29. The van der Waals surface area contributed by atoms with Crippen LogP contribution in [-0.2, 0) is 9.59 Å². The predicted molar refractivity (Wildman–Crippen MR) is 82.4 cm³/mol. The number of halogens is 5. The number of aliphatic imine (C=N–C) groups is 1. The number of carbonyl (C=O) groups excluding carboxylic acids is 1. The van der Waals surface area contributed by atoms with Gasteiger partial charge in [0.2, 0.25) is 0 Å². The molecule has 0 heterocycles. The SMILES string of the molecule is CCN=C(C(=O)NCC1=CC(C(F)(F)F)=C(F)CC1)/C(F)=C(\N)C(=O)O. The monoisotopic (exact) mass is 381 g/mol. The zero-order valence-corrected chi connectivity index (χ0v) is 13.6. The van der Waals surface area contributed by atoms with Crippen LogP contribution in [0.2, 0.25) is 0 Å². The summed E-state index contributed by atoms with van der Waals surface area (Å²) in [6.45, 7) is 0.955. The average Bonchev–Trinajstić information content (AvgIpc) is 2.56. The number of carbonyl (C=O) groups is 2. The lowest BCUT2D eigenvalue weighted by atomic mass is 9.98. The number of amides is 1. The molecule has 4 N–H and O–H groups in total. The van der Waals surface area contributed by atoms with Gasteiger partial charge in [-0.2, -0.15) is 13.2 Å². The van der Waals surface area contributed by atoms with Crippen molar-refractivity contribution in [3.63, 3.8) is 0 Å². The number of alkyl halides is 3. The topological polar surface area (TPSA) is 105 Å². The Kier molecular flexibility index (Phi) is 7.04. The second-order valence-electron chi connectivity index (χ2n) is 5.16. The minimum Gasteiger partial charge on any atom is -0.477 e. The summed E-state index contributed by atoms with van der Waals surface area (Å²) < 4.78 is 65.3. The van der Waals surface area contributed by atoms with E-state index in [1.165, 1.54) is 6.92 Å². The molecule has 26 heavy (non-hydrogen) atoms. The number of hydrogen-bond acceptors (Lipinski definition) is 4. The van der Waals surface area contributed by atoms with E-state index in [4.69, 9.17) is 10.8 Å². The Morgan fingerprint density at radius 1 is 1.35 bits per heavy atom. The lowest BCUT2D eigenvalue weighted by Crippen LogP contribution is -2.35. The van der Waals surface area contributed by atoms with Gasteiger partial charge in [0, 0.05) is 19.5 Å². The molecule has 6 nitrogen and oxygen atoms in total. The first-order chi connectivity index (χ1) is 12.0. The third kappa shape index (κ3) is 5.39. The van der Waals surface area contributed by atoms with Gasteiger partial charge in [-0.15, -0.1) is 0 Å². The molecule has 1 amide bonds. The van der Waals surface area contributed by atoms with E-state index < -0.39 is 59.7 Å². The number of hydrogen-bond donors (Lipinski definition) is 3. The molecule has 11 heteroatoms. The van der Waals surface area contributed by atoms with E-state index in [9.17, 15) is 31.5 Å². The average molecular weight is 381 g/mol. The zero-order chi connectivity index (χ0) is 20.1. The number of nitrogens with zero attached hydrogens (tertiary/aromatic N) is 1. The molecule has 144 valence electrons. The standard InChI is InChI=1S/C15H16F5N3O3/c1-2-22-12(10(17)11(21)14(25)26)13(24)23-6-7-3-4-9(16)8(5-7)15(18,19)20/h5H,2-4,6,21H2,1H3,(H,23,24)(H,25,26)/b11-10+,22-12?. The molecular formula is C15H16F5N3O3. The molecule has 0 spiro atoms. The highest BCUT2D eigenvalue weighted by Gasteiger charge is 2.37. The van der Waals surface area contributed by atoms with Crippen molar-refractivity contribution in [1.29, 1.82) is 0 Å². The maximum Gasteiger partial charge on any atom is 0.418 e. The quantitative estimate of drug-likeness (QED) is 0.373. The largest absolute Gasteiger partial charge is 0.477 e. The molecule has 0 aromatic rings. The van der Waals surface area contributed by atoms with Gasteiger partial charge in [0.15, 0.2) is 17.2 Å². The fourth-order valence-corrected chi connectivity index (χ4v) is 2.03. The van der Waals surface area contributed by atoms with Gasteiger partial charge in [0.05, 0.1) is 5.57 Å². The Hall–Kier alpha value is -2.72. The summed E-state index contributed by atoms with van der Waals surface area (Å²) in [5.74, 6) is -5.82. The molecule has 0 atom stereocenters. The molecule has 1 rings (SSSR count). The van der Waals surface area contributed by atoms with Crippen molar-refractivity contribution in [2.24, 2.45) is 10.7 Å². The van der Waals surface area contributed by atoms with E-state index in [1.807, 2.05) is 0 Å². The summed E-state index contributed by atoms with van der Waals surface area (Å²) in [6, 6.07) is 0. The van der Waals surface area contributed by atoms with Crippen molar-refractivity contribution < 1.29 is 36.6 Å². The van der Waals surface area contributed by atoms with Gasteiger partial charge in [-0.1, -0.05) is 0 Å². The van der Waals surface area contributed by atoms with E-state index in [0.717, 1.165) is 0 Å². The van der Waals surface area contributed by atoms with Crippen LogP contribution < -0.4 is 11.1 Å². The molecule has 1 aliphatic carbocycles. The highest BCUT2D eigenvalue weighted by Crippen LogP contribution is 2.36. The van der Waals surface area contributed by atoms with E-state index in [2.05, 4.69) is 10.3 Å². The highest BCUT2D eigenvalue weighted by atomic mass is 19.4. The van der Waals surface area contributed by atoms with Crippen LogP contribution in [0.4, 0.5) is 22.0 Å². The first kappa shape index (κ1) is 21.3. The minimum absolute atomic E-state index is 0.0679. The summed E-state index contributed by atoms with van der Waals surface area (Å²) in [7, 11) is 0. The van der Waals surface area contributed by atoms with Crippen LogP contribution in [0.25, 0.3) is 0 Å². The van der Waals surface area contributed by atoms with Gasteiger partial charge in [0.25, 0.3) is 5.91 Å². The zero-order valence-electron chi connectivity index (χ0n) is 13.6. The first-order valence-corrected chi connectivity index (χ1v) is 7.35. The number of nitrogens with two attached hydrogens (primary N) is 1. The third-order valence-corrected chi connectivity index (χ3v) is 3.29. The number of carboxylic acids is 1. The van der Waals surface area contributed by atoms with Gasteiger partial charge < -0.3 is 16.2 Å². The Labute approximate surface area is 145 Å².